The van der Waals surface area contributed by atoms with Crippen LogP contribution in [0.1, 0.15) is 36.8 Å². The predicted octanol–water partition coefficient (Wildman–Crippen LogP) is 2.33. The van der Waals surface area contributed by atoms with Gasteiger partial charge in [-0.1, -0.05) is 24.3 Å². The molecule has 0 unspecified atom stereocenters. The minimum Gasteiger partial charge on any atom is -0.211 e. The Labute approximate surface area is 150 Å². The van der Waals surface area contributed by atoms with Crippen LogP contribution in [0.3, 0.4) is 0 Å². The van der Waals surface area contributed by atoms with Crippen LogP contribution in [0.15, 0.2) is 44.2 Å². The number of nitrogens with zero attached hydrogens (tertiary/aromatic N) is 4. The second kappa shape index (κ2) is 13.1. The molecule has 1 aromatic rings. The minimum atomic E-state index is -0.736. The van der Waals surface area contributed by atoms with E-state index in [4.69, 9.17) is 0 Å². The van der Waals surface area contributed by atoms with Gasteiger partial charge in [-0.25, -0.2) is 19.2 Å². The summed E-state index contributed by atoms with van der Waals surface area (Å²) in [6.45, 7) is 0. The molecule has 1 aromatic carbocycles. The molecule has 0 atom stereocenters. The van der Waals surface area contributed by atoms with Crippen LogP contribution in [0.4, 0.5) is 0 Å². The number of isocyanates is 4. The van der Waals surface area contributed by atoms with Gasteiger partial charge in [0.05, 0.1) is 0 Å². The quantitative estimate of drug-likeness (QED) is 0.423. The first-order valence-corrected chi connectivity index (χ1v) is 8.09. The van der Waals surface area contributed by atoms with Gasteiger partial charge in [0.25, 0.3) is 0 Å². The zero-order valence-electron chi connectivity index (χ0n) is 14.1. The zero-order chi connectivity index (χ0) is 19.0. The van der Waals surface area contributed by atoms with E-state index in [1.54, 1.807) is 0 Å². The predicted molar refractivity (Wildman–Crippen MR) is 92.4 cm³/mol. The van der Waals surface area contributed by atoms with Crippen LogP contribution < -0.4 is 0 Å². The molecule has 0 saturated carbocycles. The van der Waals surface area contributed by atoms with E-state index >= 15 is 0 Å². The van der Waals surface area contributed by atoms with E-state index in [0.717, 1.165) is 24.0 Å². The Morgan fingerprint density at radius 1 is 0.654 bits per heavy atom. The van der Waals surface area contributed by atoms with Crippen molar-refractivity contribution < 1.29 is 19.2 Å². The number of rotatable bonds is 12. The summed E-state index contributed by atoms with van der Waals surface area (Å²) in [6.07, 6.45) is 7.87. The van der Waals surface area contributed by atoms with Crippen molar-refractivity contribution >= 4 is 24.3 Å². The number of aryl methyl sites for hydroxylation is 2. The normalized spacial score (nSPS) is 11.7. The molecule has 0 saturated heterocycles. The van der Waals surface area contributed by atoms with Gasteiger partial charge in [0.1, 0.15) is 0 Å². The van der Waals surface area contributed by atoms with Crippen molar-refractivity contribution in [2.45, 2.75) is 50.9 Å². The maximum absolute atomic E-state index is 10.3. The number of hydrogen-bond acceptors (Lipinski definition) is 8. The topological polar surface area (TPSA) is 118 Å². The molecule has 0 aliphatic carbocycles. The fourth-order valence-corrected chi connectivity index (χ4v) is 2.55. The Kier molecular flexibility index (Phi) is 10.5. The van der Waals surface area contributed by atoms with Gasteiger partial charge in [0, 0.05) is 0 Å². The van der Waals surface area contributed by atoms with Gasteiger partial charge in [-0.15, -0.1) is 0 Å². The molecule has 0 aliphatic heterocycles. The minimum absolute atomic E-state index is 0.447. The lowest BCUT2D eigenvalue weighted by Gasteiger charge is -2.10. The Bertz CT molecular complexity index is 668. The molecule has 8 nitrogen and oxygen atoms in total. The van der Waals surface area contributed by atoms with Crippen molar-refractivity contribution in [3.63, 3.8) is 0 Å². The third-order valence-electron chi connectivity index (χ3n) is 3.74. The standard InChI is InChI=1S/C18H18N4O4/c23-11-19-17(20-12-24)9-3-7-15-5-1-2-6-16(15)8-4-10-18(21-13-25)22-14-26/h1-2,5-6,17-18H,3-4,7-10H2. The van der Waals surface area contributed by atoms with Crippen molar-refractivity contribution in [2.75, 3.05) is 0 Å². The summed E-state index contributed by atoms with van der Waals surface area (Å²) >= 11 is 0. The van der Waals surface area contributed by atoms with E-state index < -0.39 is 12.3 Å². The summed E-state index contributed by atoms with van der Waals surface area (Å²) in [6, 6.07) is 7.86. The average molecular weight is 354 g/mol. The molecule has 0 fully saturated rings. The third kappa shape index (κ3) is 8.02. The molecule has 0 radical (unpaired) electrons. The highest BCUT2D eigenvalue weighted by Crippen LogP contribution is 2.17. The molecule has 26 heavy (non-hydrogen) atoms. The zero-order valence-corrected chi connectivity index (χ0v) is 14.1. The first kappa shape index (κ1) is 20.8. The van der Waals surface area contributed by atoms with Crippen LogP contribution in [-0.2, 0) is 32.0 Å². The molecule has 0 spiro atoms. The smallest absolute Gasteiger partial charge is 0.211 e. The van der Waals surface area contributed by atoms with E-state index in [-0.39, 0.29) is 0 Å². The molecule has 0 bridgehead atoms. The summed E-state index contributed by atoms with van der Waals surface area (Å²) in [5.74, 6) is 0. The number of hydrogen-bond donors (Lipinski definition) is 0. The highest BCUT2D eigenvalue weighted by molar-refractivity contribution is 5.37. The van der Waals surface area contributed by atoms with Gasteiger partial charge in [-0.05, 0) is 49.7 Å². The van der Waals surface area contributed by atoms with Crippen LogP contribution in [-0.4, -0.2) is 36.7 Å². The fraction of sp³-hybridized carbons (Fsp3) is 0.444. The molecule has 1 rings (SSSR count). The lowest BCUT2D eigenvalue weighted by Crippen LogP contribution is -2.04. The second-order valence-corrected chi connectivity index (χ2v) is 5.40. The SMILES string of the molecule is O=C=NC(CCCc1ccccc1CCCC(N=C=O)N=C=O)N=C=O. The average Bonchev–Trinajstić information content (AvgIpc) is 2.63. The van der Waals surface area contributed by atoms with Crippen LogP contribution in [0.5, 0.6) is 0 Å². The van der Waals surface area contributed by atoms with Gasteiger partial charge in [0.15, 0.2) is 12.3 Å². The highest BCUT2D eigenvalue weighted by Gasteiger charge is 2.08. The van der Waals surface area contributed by atoms with E-state index in [1.807, 2.05) is 24.3 Å². The second-order valence-electron chi connectivity index (χ2n) is 5.40. The molecule has 134 valence electrons. The van der Waals surface area contributed by atoms with Crippen LogP contribution in [0, 0.1) is 0 Å². The van der Waals surface area contributed by atoms with Gasteiger partial charge in [-0.3, -0.25) is 0 Å². The van der Waals surface area contributed by atoms with Gasteiger partial charge < -0.3 is 0 Å². The van der Waals surface area contributed by atoms with Gasteiger partial charge in [0.2, 0.25) is 24.3 Å². The van der Waals surface area contributed by atoms with Gasteiger partial charge >= 0.3 is 0 Å². The van der Waals surface area contributed by atoms with Crippen molar-refractivity contribution in [3.8, 4) is 0 Å². The summed E-state index contributed by atoms with van der Waals surface area (Å²) in [4.78, 5) is 55.0. The maximum atomic E-state index is 10.3. The van der Waals surface area contributed by atoms with Gasteiger partial charge in [-0.2, -0.15) is 20.0 Å². The summed E-state index contributed by atoms with van der Waals surface area (Å²) in [5, 5.41) is 0. The molecule has 0 heterocycles. The molecular formula is C18H18N4O4. The van der Waals surface area contributed by atoms with E-state index in [0.29, 0.717) is 25.7 Å². The Morgan fingerprint density at radius 3 is 1.31 bits per heavy atom. The number of benzene rings is 1. The van der Waals surface area contributed by atoms with Crippen molar-refractivity contribution in [2.24, 2.45) is 20.0 Å². The highest BCUT2D eigenvalue weighted by atomic mass is 16.1. The molecule has 0 aliphatic rings. The Morgan fingerprint density at radius 2 is 1.00 bits per heavy atom. The maximum Gasteiger partial charge on any atom is 0.237 e. The number of carbonyl (C=O) groups excluding carboxylic acids is 4. The fourth-order valence-electron chi connectivity index (χ4n) is 2.55. The summed E-state index contributed by atoms with van der Waals surface area (Å²) < 4.78 is 0. The molecule has 0 aromatic heterocycles. The van der Waals surface area contributed by atoms with E-state index in [9.17, 15) is 19.2 Å². The Hall–Kier alpha value is -3.26. The molecule has 0 N–H and O–H groups in total. The largest absolute Gasteiger partial charge is 0.237 e. The molecule has 8 heteroatoms. The van der Waals surface area contributed by atoms with Crippen LogP contribution in [0.2, 0.25) is 0 Å². The van der Waals surface area contributed by atoms with Crippen molar-refractivity contribution in [1.82, 2.24) is 0 Å². The van der Waals surface area contributed by atoms with Crippen LogP contribution >= 0.6 is 0 Å². The van der Waals surface area contributed by atoms with E-state index in [2.05, 4.69) is 20.0 Å². The third-order valence-corrected chi connectivity index (χ3v) is 3.74. The first-order chi connectivity index (χ1) is 12.7. The van der Waals surface area contributed by atoms with Crippen LogP contribution in [0.25, 0.3) is 0 Å². The Balaban J connectivity index is 2.61. The van der Waals surface area contributed by atoms with E-state index in [1.165, 1.54) is 24.3 Å². The lowest BCUT2D eigenvalue weighted by atomic mass is 9.97. The van der Waals surface area contributed by atoms with Crippen molar-refractivity contribution in [3.05, 3.63) is 35.4 Å². The monoisotopic (exact) mass is 354 g/mol. The molecule has 0 amide bonds. The number of aliphatic imine (C=N–C) groups is 4. The van der Waals surface area contributed by atoms with Crippen molar-refractivity contribution in [1.29, 1.82) is 0 Å². The first-order valence-electron chi connectivity index (χ1n) is 8.09. The molecular weight excluding hydrogens is 336 g/mol. The summed E-state index contributed by atoms with van der Waals surface area (Å²) in [7, 11) is 0. The lowest BCUT2D eigenvalue weighted by molar-refractivity contribution is 0.533. The summed E-state index contributed by atoms with van der Waals surface area (Å²) in [5.41, 5.74) is 2.26.